The molecule has 2 rings (SSSR count). The number of halogens is 1. The predicted molar refractivity (Wildman–Crippen MR) is 89.2 cm³/mol. The molecule has 1 saturated heterocycles. The first-order valence-corrected chi connectivity index (χ1v) is 8.18. The van der Waals surface area contributed by atoms with Gasteiger partial charge < -0.3 is 15.4 Å². The van der Waals surface area contributed by atoms with E-state index in [1.54, 1.807) is 12.1 Å². The van der Waals surface area contributed by atoms with Crippen molar-refractivity contribution >= 4 is 52.0 Å². The summed E-state index contributed by atoms with van der Waals surface area (Å²) in [7, 11) is 1.42. The van der Waals surface area contributed by atoms with Crippen LogP contribution in [-0.2, 0) is 14.4 Å². The molecule has 1 fully saturated rings. The molecule has 0 atom stereocenters. The molecule has 1 heterocycles. The third kappa shape index (κ3) is 4.39. The monoisotopic (exact) mass is 371 g/mol. The number of nitrogens with zero attached hydrogens (tertiary/aromatic N) is 1. The highest BCUT2D eigenvalue weighted by Gasteiger charge is 2.29. The van der Waals surface area contributed by atoms with E-state index < -0.39 is 11.8 Å². The quantitative estimate of drug-likeness (QED) is 0.751. The Balaban J connectivity index is 1.86. The molecule has 24 heavy (non-hydrogen) atoms. The summed E-state index contributed by atoms with van der Waals surface area (Å²) in [5.41, 5.74) is 0.256. The van der Waals surface area contributed by atoms with Crippen molar-refractivity contribution in [1.29, 1.82) is 0 Å². The molecule has 128 valence electrons. The lowest BCUT2D eigenvalue weighted by Crippen LogP contribution is -2.41. The van der Waals surface area contributed by atoms with Crippen LogP contribution in [0.25, 0.3) is 0 Å². The third-order valence-corrected chi connectivity index (χ3v) is 4.17. The Morgan fingerprint density at radius 2 is 2.08 bits per heavy atom. The van der Waals surface area contributed by atoms with E-state index in [9.17, 15) is 19.2 Å². The largest absolute Gasteiger partial charge is 0.495 e. The lowest BCUT2D eigenvalue weighted by atomic mass is 10.3. The zero-order valence-electron chi connectivity index (χ0n) is 12.6. The van der Waals surface area contributed by atoms with Crippen LogP contribution < -0.4 is 15.4 Å². The van der Waals surface area contributed by atoms with Gasteiger partial charge in [0.2, 0.25) is 5.91 Å². The predicted octanol–water partition coefficient (Wildman–Crippen LogP) is 1.10. The van der Waals surface area contributed by atoms with E-state index >= 15 is 0 Å². The summed E-state index contributed by atoms with van der Waals surface area (Å²) in [6.45, 7) is 0.00114. The molecular weight excluding hydrogens is 358 g/mol. The van der Waals surface area contributed by atoms with Crippen LogP contribution in [0.3, 0.4) is 0 Å². The lowest BCUT2D eigenvalue weighted by molar-refractivity contribution is -0.136. The molecule has 0 bridgehead atoms. The molecule has 1 aromatic rings. The van der Waals surface area contributed by atoms with Crippen LogP contribution in [0.2, 0.25) is 5.02 Å². The molecule has 0 aliphatic carbocycles. The summed E-state index contributed by atoms with van der Waals surface area (Å²) in [4.78, 5) is 47.5. The zero-order valence-corrected chi connectivity index (χ0v) is 14.2. The fourth-order valence-electron chi connectivity index (χ4n) is 1.92. The van der Waals surface area contributed by atoms with E-state index in [0.29, 0.717) is 10.8 Å². The Hall–Kier alpha value is -2.26. The van der Waals surface area contributed by atoms with Gasteiger partial charge in [-0.25, -0.2) is 0 Å². The minimum atomic E-state index is -0.913. The van der Waals surface area contributed by atoms with Gasteiger partial charge in [0.25, 0.3) is 5.24 Å². The van der Waals surface area contributed by atoms with Gasteiger partial charge in [0.15, 0.2) is 0 Å². The van der Waals surface area contributed by atoms with Crippen molar-refractivity contribution in [1.82, 2.24) is 10.2 Å². The van der Waals surface area contributed by atoms with E-state index in [4.69, 9.17) is 16.3 Å². The van der Waals surface area contributed by atoms with Crippen molar-refractivity contribution in [2.75, 3.05) is 31.3 Å². The highest BCUT2D eigenvalue weighted by molar-refractivity contribution is 8.14. The molecule has 0 unspecified atom stereocenters. The van der Waals surface area contributed by atoms with Crippen LogP contribution in [0, 0.1) is 0 Å². The molecule has 2 N–H and O–H groups in total. The number of nitrogens with one attached hydrogen (secondary N) is 2. The van der Waals surface area contributed by atoms with Crippen LogP contribution in [0.4, 0.5) is 10.5 Å². The van der Waals surface area contributed by atoms with Gasteiger partial charge in [-0.1, -0.05) is 23.4 Å². The minimum Gasteiger partial charge on any atom is -0.495 e. The molecule has 8 nitrogen and oxygen atoms in total. The van der Waals surface area contributed by atoms with Crippen molar-refractivity contribution in [3.8, 4) is 5.75 Å². The van der Waals surface area contributed by atoms with Crippen molar-refractivity contribution < 1.29 is 23.9 Å². The molecule has 0 spiro atoms. The van der Waals surface area contributed by atoms with Crippen molar-refractivity contribution in [2.24, 2.45) is 0 Å². The number of carbonyl (C=O) groups excluding carboxylic acids is 4. The van der Waals surface area contributed by atoms with Gasteiger partial charge in [0.1, 0.15) is 5.75 Å². The van der Waals surface area contributed by atoms with Gasteiger partial charge in [0.05, 0.1) is 18.6 Å². The minimum absolute atomic E-state index is 0.0169. The molecule has 0 aromatic heterocycles. The fourth-order valence-corrected chi connectivity index (χ4v) is 2.84. The smallest absolute Gasteiger partial charge is 0.313 e. The summed E-state index contributed by atoms with van der Waals surface area (Å²) in [5.74, 6) is -1.67. The number of methoxy groups -OCH3 is 1. The maximum atomic E-state index is 11.9. The molecular formula is C14H14ClN3O5S. The number of imide groups is 1. The summed E-state index contributed by atoms with van der Waals surface area (Å²) < 4.78 is 5.06. The highest BCUT2D eigenvalue weighted by atomic mass is 35.5. The molecule has 1 aromatic carbocycles. The number of rotatable bonds is 5. The summed E-state index contributed by atoms with van der Waals surface area (Å²) in [6, 6.07) is 4.58. The number of carbonyl (C=O) groups is 4. The first-order valence-electron chi connectivity index (χ1n) is 6.82. The molecule has 4 amide bonds. The summed E-state index contributed by atoms with van der Waals surface area (Å²) in [5, 5.41) is 4.74. The zero-order chi connectivity index (χ0) is 17.7. The van der Waals surface area contributed by atoms with Crippen molar-refractivity contribution in [3.63, 3.8) is 0 Å². The molecule has 1 aliphatic heterocycles. The van der Waals surface area contributed by atoms with E-state index in [0.717, 1.165) is 16.7 Å². The van der Waals surface area contributed by atoms with Gasteiger partial charge in [-0.3, -0.25) is 24.1 Å². The maximum absolute atomic E-state index is 11.9. The second-order valence-electron chi connectivity index (χ2n) is 4.65. The topological polar surface area (TPSA) is 105 Å². The number of benzene rings is 1. The molecule has 0 radical (unpaired) electrons. The summed E-state index contributed by atoms with van der Waals surface area (Å²) in [6.07, 6.45) is 0. The Kier molecular flexibility index (Phi) is 6.04. The van der Waals surface area contributed by atoms with E-state index in [1.165, 1.54) is 13.2 Å². The number of hydrogen-bond acceptors (Lipinski definition) is 6. The lowest BCUT2D eigenvalue weighted by Gasteiger charge is -2.13. The van der Waals surface area contributed by atoms with E-state index in [1.807, 2.05) is 0 Å². The van der Waals surface area contributed by atoms with Crippen LogP contribution in [-0.4, -0.2) is 53.8 Å². The normalized spacial score (nSPS) is 13.8. The average molecular weight is 372 g/mol. The number of anilines is 1. The Labute approximate surface area is 146 Å². The Morgan fingerprint density at radius 3 is 2.71 bits per heavy atom. The number of thioether (sulfide) groups is 1. The molecule has 0 saturated carbocycles. The molecule has 1 aliphatic rings. The highest BCUT2D eigenvalue weighted by Crippen LogP contribution is 2.27. The third-order valence-electron chi connectivity index (χ3n) is 3.08. The molecule has 10 heteroatoms. The van der Waals surface area contributed by atoms with Gasteiger partial charge in [-0.2, -0.15) is 0 Å². The first-order chi connectivity index (χ1) is 11.4. The number of ether oxygens (including phenoxy) is 1. The van der Waals surface area contributed by atoms with Crippen LogP contribution >= 0.6 is 23.4 Å². The van der Waals surface area contributed by atoms with E-state index in [-0.39, 0.29) is 35.7 Å². The van der Waals surface area contributed by atoms with Crippen molar-refractivity contribution in [2.45, 2.75) is 0 Å². The van der Waals surface area contributed by atoms with Gasteiger partial charge >= 0.3 is 11.8 Å². The number of hydrogen-bond donors (Lipinski definition) is 2. The van der Waals surface area contributed by atoms with Crippen LogP contribution in [0.5, 0.6) is 5.75 Å². The Morgan fingerprint density at radius 1 is 1.33 bits per heavy atom. The van der Waals surface area contributed by atoms with E-state index in [2.05, 4.69) is 10.6 Å². The maximum Gasteiger partial charge on any atom is 0.313 e. The van der Waals surface area contributed by atoms with Gasteiger partial charge in [-0.05, 0) is 18.2 Å². The SMILES string of the molecule is COc1ccc(Cl)cc1NC(=O)C(=O)NCCN1C(=O)CSC1=O. The average Bonchev–Trinajstić information content (AvgIpc) is 2.86. The standard InChI is InChI=1S/C14H14ClN3O5S/c1-23-10-3-2-8(15)6-9(10)17-13(21)12(20)16-4-5-18-11(19)7-24-14(18)22/h2-3,6H,4-5,7H2,1H3,(H,16,20)(H,17,21). The first kappa shape index (κ1) is 18.1. The second-order valence-corrected chi connectivity index (χ2v) is 6.02. The Bertz CT molecular complexity index is 681. The van der Waals surface area contributed by atoms with Crippen LogP contribution in [0.15, 0.2) is 18.2 Å². The summed E-state index contributed by atoms with van der Waals surface area (Å²) >= 11 is 6.75. The van der Waals surface area contributed by atoms with Crippen molar-refractivity contribution in [3.05, 3.63) is 23.2 Å². The fraction of sp³-hybridized carbons (Fsp3) is 0.286. The van der Waals surface area contributed by atoms with Crippen LogP contribution in [0.1, 0.15) is 0 Å². The van der Waals surface area contributed by atoms with Gasteiger partial charge in [-0.15, -0.1) is 0 Å². The second kappa shape index (κ2) is 8.02. The van der Waals surface area contributed by atoms with Gasteiger partial charge in [0, 0.05) is 18.1 Å². The number of amides is 4.